The molecule has 0 unspecified atom stereocenters. The fourth-order valence-corrected chi connectivity index (χ4v) is 2.64. The van der Waals surface area contributed by atoms with Gasteiger partial charge in [-0.15, -0.1) is 0 Å². The first kappa shape index (κ1) is 20.8. The third kappa shape index (κ3) is 6.02. The smallest absolute Gasteiger partial charge is 0.332 e. The lowest BCUT2D eigenvalue weighted by molar-refractivity contribution is -0.154. The standard InChI is InChI=1S/C18H25N3O6/c1-10(26-17(24)14-3-2-8-21-14)15(20)18(25)27-12-6-4-11(5-7-12)9-13(19)16(22)23/h4-7,10,13-15,21H,2-3,8-9,19-20H2,1H3,(H,22,23)/t10-,13+,14+,15+/m1/s1. The van der Waals surface area contributed by atoms with Crippen molar-refractivity contribution in [1.82, 2.24) is 5.32 Å². The van der Waals surface area contributed by atoms with Gasteiger partial charge in [0.05, 0.1) is 0 Å². The molecule has 1 fully saturated rings. The maximum atomic E-state index is 12.2. The molecule has 9 heteroatoms. The Morgan fingerprint density at radius 3 is 2.48 bits per heavy atom. The topological polar surface area (TPSA) is 154 Å². The normalized spacial score (nSPS) is 19.7. The Balaban J connectivity index is 1.85. The van der Waals surface area contributed by atoms with E-state index in [2.05, 4.69) is 5.32 Å². The SMILES string of the molecule is C[C@@H](OC(=O)[C@@H]1CCCN1)[C@H](N)C(=O)Oc1ccc(C[C@H](N)C(=O)O)cc1. The van der Waals surface area contributed by atoms with E-state index in [1.807, 2.05) is 0 Å². The molecule has 1 aromatic rings. The summed E-state index contributed by atoms with van der Waals surface area (Å²) >= 11 is 0. The number of aliphatic carboxylic acids is 1. The molecule has 0 amide bonds. The second kappa shape index (κ2) is 9.45. The number of ether oxygens (including phenoxy) is 2. The van der Waals surface area contributed by atoms with E-state index in [0.717, 1.165) is 13.0 Å². The molecular formula is C18H25N3O6. The molecule has 148 valence electrons. The highest BCUT2D eigenvalue weighted by Gasteiger charge is 2.30. The summed E-state index contributed by atoms with van der Waals surface area (Å²) in [5.74, 6) is -2.00. The molecule has 6 N–H and O–H groups in total. The van der Waals surface area contributed by atoms with Crippen LogP contribution in [-0.2, 0) is 25.5 Å². The lowest BCUT2D eigenvalue weighted by atomic mass is 10.1. The van der Waals surface area contributed by atoms with Gasteiger partial charge in [-0.2, -0.15) is 0 Å². The van der Waals surface area contributed by atoms with Crippen LogP contribution < -0.4 is 21.5 Å². The number of hydrogen-bond donors (Lipinski definition) is 4. The molecule has 0 bridgehead atoms. The van der Waals surface area contributed by atoms with Crippen LogP contribution in [0.4, 0.5) is 0 Å². The highest BCUT2D eigenvalue weighted by Crippen LogP contribution is 2.15. The van der Waals surface area contributed by atoms with Gasteiger partial charge in [-0.05, 0) is 50.4 Å². The van der Waals surface area contributed by atoms with Crippen molar-refractivity contribution in [2.24, 2.45) is 11.5 Å². The fourth-order valence-electron chi connectivity index (χ4n) is 2.64. The molecule has 0 radical (unpaired) electrons. The maximum Gasteiger partial charge on any atom is 0.332 e. The molecule has 4 atom stereocenters. The zero-order chi connectivity index (χ0) is 20.0. The van der Waals surface area contributed by atoms with Gasteiger partial charge >= 0.3 is 17.9 Å². The Labute approximate surface area is 157 Å². The minimum absolute atomic E-state index is 0.158. The van der Waals surface area contributed by atoms with E-state index in [0.29, 0.717) is 12.0 Å². The quantitative estimate of drug-likeness (QED) is 0.347. The number of benzene rings is 1. The molecular weight excluding hydrogens is 354 g/mol. The van der Waals surface area contributed by atoms with Gasteiger partial charge in [0.2, 0.25) is 0 Å². The summed E-state index contributed by atoms with van der Waals surface area (Å²) < 4.78 is 10.4. The average Bonchev–Trinajstić information content (AvgIpc) is 3.17. The summed E-state index contributed by atoms with van der Waals surface area (Å²) in [6.07, 6.45) is 0.921. The molecule has 1 saturated heterocycles. The largest absolute Gasteiger partial charge is 0.480 e. The predicted octanol–water partition coefficient (Wildman–Crippen LogP) is -0.443. The molecule has 0 spiro atoms. The van der Waals surface area contributed by atoms with Crippen molar-refractivity contribution in [3.8, 4) is 5.75 Å². The molecule has 1 heterocycles. The van der Waals surface area contributed by atoms with Crippen molar-refractivity contribution in [1.29, 1.82) is 0 Å². The van der Waals surface area contributed by atoms with Gasteiger partial charge in [0.1, 0.15) is 30.0 Å². The van der Waals surface area contributed by atoms with Gasteiger partial charge in [-0.3, -0.25) is 9.59 Å². The van der Waals surface area contributed by atoms with Crippen molar-refractivity contribution in [3.05, 3.63) is 29.8 Å². The van der Waals surface area contributed by atoms with Crippen molar-refractivity contribution in [2.75, 3.05) is 6.54 Å². The third-order valence-corrected chi connectivity index (χ3v) is 4.34. The minimum atomic E-state index is -1.13. The van der Waals surface area contributed by atoms with Crippen LogP contribution in [0.1, 0.15) is 25.3 Å². The first-order valence-corrected chi connectivity index (χ1v) is 8.76. The van der Waals surface area contributed by atoms with E-state index in [9.17, 15) is 14.4 Å². The van der Waals surface area contributed by atoms with Crippen LogP contribution in [0.25, 0.3) is 0 Å². The maximum absolute atomic E-state index is 12.2. The van der Waals surface area contributed by atoms with Crippen LogP contribution in [0.3, 0.4) is 0 Å². The Bertz CT molecular complexity index is 672. The summed E-state index contributed by atoms with van der Waals surface area (Å²) in [4.78, 5) is 34.9. The number of rotatable bonds is 8. The van der Waals surface area contributed by atoms with Gasteiger partial charge in [-0.25, -0.2) is 4.79 Å². The number of nitrogens with one attached hydrogen (secondary N) is 1. The number of carboxylic acid groups (broad SMARTS) is 1. The Morgan fingerprint density at radius 1 is 1.26 bits per heavy atom. The predicted molar refractivity (Wildman–Crippen MR) is 95.9 cm³/mol. The molecule has 2 rings (SSSR count). The lowest BCUT2D eigenvalue weighted by Crippen LogP contribution is -2.47. The summed E-state index contributed by atoms with van der Waals surface area (Å²) in [5, 5.41) is 11.8. The van der Waals surface area contributed by atoms with Crippen molar-refractivity contribution >= 4 is 17.9 Å². The van der Waals surface area contributed by atoms with E-state index < -0.39 is 36.1 Å². The molecule has 0 aliphatic carbocycles. The molecule has 0 aromatic heterocycles. The average molecular weight is 379 g/mol. The van der Waals surface area contributed by atoms with Crippen molar-refractivity contribution in [2.45, 2.75) is 50.4 Å². The van der Waals surface area contributed by atoms with Gasteiger partial charge < -0.3 is 31.4 Å². The van der Waals surface area contributed by atoms with E-state index in [1.54, 1.807) is 12.1 Å². The molecule has 9 nitrogen and oxygen atoms in total. The van der Waals surface area contributed by atoms with Crippen LogP contribution in [0.2, 0.25) is 0 Å². The summed E-state index contributed by atoms with van der Waals surface area (Å²) in [6.45, 7) is 2.30. The molecule has 1 aliphatic rings. The number of hydrogen-bond acceptors (Lipinski definition) is 8. The first-order valence-electron chi connectivity index (χ1n) is 8.76. The van der Waals surface area contributed by atoms with Crippen molar-refractivity contribution in [3.63, 3.8) is 0 Å². The second-order valence-corrected chi connectivity index (χ2v) is 6.53. The molecule has 27 heavy (non-hydrogen) atoms. The Morgan fingerprint density at radius 2 is 1.93 bits per heavy atom. The molecule has 1 aliphatic heterocycles. The Kier molecular flexibility index (Phi) is 7.28. The van der Waals surface area contributed by atoms with Gasteiger partial charge in [0, 0.05) is 0 Å². The number of carbonyl (C=O) groups is 3. The van der Waals surface area contributed by atoms with Crippen LogP contribution >= 0.6 is 0 Å². The zero-order valence-electron chi connectivity index (χ0n) is 15.1. The number of esters is 2. The van der Waals surface area contributed by atoms with Crippen LogP contribution in [0.15, 0.2) is 24.3 Å². The van der Waals surface area contributed by atoms with E-state index in [1.165, 1.54) is 19.1 Å². The van der Waals surface area contributed by atoms with Crippen LogP contribution in [0.5, 0.6) is 5.75 Å². The van der Waals surface area contributed by atoms with Crippen LogP contribution in [-0.4, -0.2) is 53.8 Å². The fraction of sp³-hybridized carbons (Fsp3) is 0.500. The van der Waals surface area contributed by atoms with E-state index in [-0.39, 0.29) is 18.2 Å². The van der Waals surface area contributed by atoms with E-state index >= 15 is 0 Å². The first-order chi connectivity index (χ1) is 12.8. The minimum Gasteiger partial charge on any atom is -0.480 e. The summed E-state index contributed by atoms with van der Waals surface area (Å²) in [6, 6.07) is 3.78. The van der Waals surface area contributed by atoms with Gasteiger partial charge in [0.15, 0.2) is 0 Å². The third-order valence-electron chi connectivity index (χ3n) is 4.34. The molecule has 1 aromatic carbocycles. The van der Waals surface area contributed by atoms with Crippen LogP contribution in [0, 0.1) is 0 Å². The summed E-state index contributed by atoms with van der Waals surface area (Å²) in [5.41, 5.74) is 12.0. The van der Waals surface area contributed by atoms with E-state index in [4.69, 9.17) is 26.0 Å². The highest BCUT2D eigenvalue weighted by molar-refractivity contribution is 5.80. The van der Waals surface area contributed by atoms with Gasteiger partial charge in [0.25, 0.3) is 0 Å². The molecule has 0 saturated carbocycles. The number of carboxylic acids is 1. The zero-order valence-corrected chi connectivity index (χ0v) is 15.1. The highest BCUT2D eigenvalue weighted by atomic mass is 16.6. The number of nitrogens with two attached hydrogens (primary N) is 2. The van der Waals surface area contributed by atoms with Crippen molar-refractivity contribution < 1.29 is 29.0 Å². The van der Waals surface area contributed by atoms with Gasteiger partial charge in [-0.1, -0.05) is 12.1 Å². The lowest BCUT2D eigenvalue weighted by Gasteiger charge is -2.21. The summed E-state index contributed by atoms with van der Waals surface area (Å²) in [7, 11) is 0. The Hall–Kier alpha value is -2.49. The monoisotopic (exact) mass is 379 g/mol. The number of carbonyl (C=O) groups excluding carboxylic acids is 2. The second-order valence-electron chi connectivity index (χ2n) is 6.53.